The van der Waals surface area contributed by atoms with E-state index in [9.17, 15) is 14.7 Å². The highest BCUT2D eigenvalue weighted by Crippen LogP contribution is 2.24. The molecular weight excluding hydrogens is 246 g/mol. The van der Waals surface area contributed by atoms with Crippen LogP contribution in [0.25, 0.3) is 0 Å². The summed E-state index contributed by atoms with van der Waals surface area (Å²) in [5.74, 6) is -1.05. The number of rotatable bonds is 4. The topological polar surface area (TPSA) is 75.6 Å². The van der Waals surface area contributed by atoms with E-state index in [1.165, 1.54) is 0 Å². The fourth-order valence-corrected chi connectivity index (χ4v) is 2.03. The summed E-state index contributed by atoms with van der Waals surface area (Å²) in [6, 6.07) is 5.04. The molecule has 2 rings (SSSR count). The third-order valence-corrected chi connectivity index (χ3v) is 3.31. The number of nitrogens with one attached hydrogen (secondary N) is 1. The molecule has 0 spiro atoms. The van der Waals surface area contributed by atoms with E-state index in [0.29, 0.717) is 12.0 Å². The molecule has 1 aliphatic rings. The average molecular weight is 263 g/mol. The molecule has 1 aliphatic carbocycles. The fourth-order valence-electron chi connectivity index (χ4n) is 2.03. The minimum atomic E-state index is -1.05. The molecule has 0 aromatic heterocycles. The van der Waals surface area contributed by atoms with Gasteiger partial charge in [0.1, 0.15) is 6.10 Å². The highest BCUT2D eigenvalue weighted by molar-refractivity contribution is 6.00. The second-order valence-corrected chi connectivity index (χ2v) is 4.58. The van der Waals surface area contributed by atoms with Crippen LogP contribution in [-0.4, -0.2) is 23.3 Å². The van der Waals surface area contributed by atoms with Crippen LogP contribution in [0.15, 0.2) is 18.2 Å². The fraction of sp³-hybridized carbons (Fsp3) is 0.429. The smallest absolute Gasteiger partial charge is 0.411 e. The lowest BCUT2D eigenvalue weighted by Crippen LogP contribution is -2.28. The summed E-state index contributed by atoms with van der Waals surface area (Å²) in [4.78, 5) is 22.9. The van der Waals surface area contributed by atoms with Gasteiger partial charge < -0.3 is 9.84 Å². The van der Waals surface area contributed by atoms with Crippen molar-refractivity contribution in [2.24, 2.45) is 0 Å². The number of aryl methyl sites for hydroxylation is 1. The summed E-state index contributed by atoms with van der Waals surface area (Å²) in [7, 11) is 0. The second-order valence-electron chi connectivity index (χ2n) is 4.58. The molecule has 0 radical (unpaired) electrons. The van der Waals surface area contributed by atoms with Crippen LogP contribution in [0.1, 0.15) is 42.1 Å². The Balaban J connectivity index is 2.14. The summed E-state index contributed by atoms with van der Waals surface area (Å²) in [6.45, 7) is 1.87. The molecule has 102 valence electrons. The Kier molecular flexibility index (Phi) is 4.04. The van der Waals surface area contributed by atoms with Crippen LogP contribution in [0.4, 0.5) is 10.5 Å². The minimum absolute atomic E-state index is 0.0253. The van der Waals surface area contributed by atoms with Crippen LogP contribution in [0.2, 0.25) is 0 Å². The van der Waals surface area contributed by atoms with Crippen molar-refractivity contribution < 1.29 is 19.4 Å². The molecule has 0 aliphatic heterocycles. The van der Waals surface area contributed by atoms with Crippen LogP contribution in [0, 0.1) is 0 Å². The maximum Gasteiger partial charge on any atom is 0.411 e. The Morgan fingerprint density at radius 1 is 1.42 bits per heavy atom. The summed E-state index contributed by atoms with van der Waals surface area (Å²) in [6.07, 6.45) is 2.82. The molecule has 0 bridgehead atoms. The number of hydrogen-bond acceptors (Lipinski definition) is 3. The van der Waals surface area contributed by atoms with Gasteiger partial charge in [-0.05, 0) is 37.3 Å². The molecule has 1 aromatic rings. The van der Waals surface area contributed by atoms with Crippen molar-refractivity contribution in [2.45, 2.75) is 38.7 Å². The number of carbonyl (C=O) groups is 2. The summed E-state index contributed by atoms with van der Waals surface area (Å²) in [5.41, 5.74) is 1.11. The van der Waals surface area contributed by atoms with Crippen LogP contribution in [-0.2, 0) is 11.2 Å². The number of hydrogen-bond donors (Lipinski definition) is 2. The van der Waals surface area contributed by atoms with Crippen molar-refractivity contribution >= 4 is 17.7 Å². The Morgan fingerprint density at radius 3 is 2.68 bits per heavy atom. The normalized spacial score (nSPS) is 14.6. The number of carbonyl (C=O) groups excluding carboxylic acids is 1. The predicted octanol–water partition coefficient (Wildman–Crippen LogP) is 3.05. The van der Waals surface area contributed by atoms with E-state index in [4.69, 9.17) is 4.74 Å². The third kappa shape index (κ3) is 3.05. The van der Waals surface area contributed by atoms with Gasteiger partial charge in [0, 0.05) is 0 Å². The second kappa shape index (κ2) is 5.73. The number of carboxylic acids is 1. The molecule has 0 heterocycles. The van der Waals surface area contributed by atoms with E-state index in [1.54, 1.807) is 18.2 Å². The third-order valence-electron chi connectivity index (χ3n) is 3.31. The molecule has 2 N–H and O–H groups in total. The lowest BCUT2D eigenvalue weighted by Gasteiger charge is -2.25. The lowest BCUT2D eigenvalue weighted by atomic mass is 9.96. The van der Waals surface area contributed by atoms with Gasteiger partial charge >= 0.3 is 12.1 Å². The molecule has 5 nitrogen and oxygen atoms in total. The van der Waals surface area contributed by atoms with Crippen LogP contribution in [0.3, 0.4) is 0 Å². The largest absolute Gasteiger partial charge is 0.478 e. The Hall–Kier alpha value is -2.04. The van der Waals surface area contributed by atoms with E-state index in [1.807, 2.05) is 6.92 Å². The maximum atomic E-state index is 11.7. The quantitative estimate of drug-likeness (QED) is 0.875. The zero-order valence-corrected chi connectivity index (χ0v) is 10.8. The van der Waals surface area contributed by atoms with Crippen molar-refractivity contribution in [3.63, 3.8) is 0 Å². The summed E-state index contributed by atoms with van der Waals surface area (Å²) < 4.78 is 5.16. The van der Waals surface area contributed by atoms with E-state index in [0.717, 1.165) is 19.3 Å². The molecule has 1 aromatic carbocycles. The van der Waals surface area contributed by atoms with Crippen LogP contribution < -0.4 is 5.32 Å². The summed E-state index contributed by atoms with van der Waals surface area (Å²) in [5, 5.41) is 11.8. The van der Waals surface area contributed by atoms with Crippen molar-refractivity contribution in [1.82, 2.24) is 0 Å². The molecular formula is C14H17NO4. The minimum Gasteiger partial charge on any atom is -0.478 e. The molecule has 1 amide bonds. The highest BCUT2D eigenvalue weighted by atomic mass is 16.6. The first-order valence-corrected chi connectivity index (χ1v) is 6.44. The van der Waals surface area contributed by atoms with Gasteiger partial charge in [-0.1, -0.05) is 19.1 Å². The van der Waals surface area contributed by atoms with Gasteiger partial charge in [0.2, 0.25) is 0 Å². The number of benzene rings is 1. The van der Waals surface area contributed by atoms with Gasteiger partial charge in [-0.2, -0.15) is 0 Å². The Morgan fingerprint density at radius 2 is 2.16 bits per heavy atom. The van der Waals surface area contributed by atoms with E-state index < -0.39 is 12.1 Å². The molecule has 0 saturated heterocycles. The summed E-state index contributed by atoms with van der Waals surface area (Å²) >= 11 is 0. The molecule has 1 saturated carbocycles. The number of carboxylic acid groups (broad SMARTS) is 1. The predicted molar refractivity (Wildman–Crippen MR) is 70.5 cm³/mol. The van der Waals surface area contributed by atoms with Crippen molar-refractivity contribution in [3.05, 3.63) is 29.3 Å². The molecule has 5 heteroatoms. The van der Waals surface area contributed by atoms with Gasteiger partial charge in [0.25, 0.3) is 0 Å². The first-order chi connectivity index (χ1) is 9.11. The first-order valence-electron chi connectivity index (χ1n) is 6.44. The number of anilines is 1. The van der Waals surface area contributed by atoms with Crippen LogP contribution in [0.5, 0.6) is 0 Å². The molecule has 19 heavy (non-hydrogen) atoms. The average Bonchev–Trinajstić information content (AvgIpc) is 2.33. The van der Waals surface area contributed by atoms with Crippen molar-refractivity contribution in [2.75, 3.05) is 5.32 Å². The molecule has 0 atom stereocenters. The van der Waals surface area contributed by atoms with Gasteiger partial charge in [-0.15, -0.1) is 0 Å². The van der Waals surface area contributed by atoms with Gasteiger partial charge in [0.15, 0.2) is 0 Å². The van der Waals surface area contributed by atoms with E-state index >= 15 is 0 Å². The number of aromatic carboxylic acids is 1. The molecule has 1 fully saturated rings. The Bertz CT molecular complexity index is 494. The van der Waals surface area contributed by atoms with E-state index in [-0.39, 0.29) is 17.4 Å². The lowest BCUT2D eigenvalue weighted by molar-refractivity contribution is 0.0624. The monoisotopic (exact) mass is 263 g/mol. The number of ether oxygens (including phenoxy) is 1. The SMILES string of the molecule is CCc1cccc(NC(=O)OC2CCC2)c1C(=O)O. The first kappa shape index (κ1) is 13.4. The zero-order valence-electron chi connectivity index (χ0n) is 10.8. The van der Waals surface area contributed by atoms with E-state index in [2.05, 4.69) is 5.32 Å². The van der Waals surface area contributed by atoms with Gasteiger partial charge in [-0.3, -0.25) is 5.32 Å². The van der Waals surface area contributed by atoms with Crippen molar-refractivity contribution in [1.29, 1.82) is 0 Å². The molecule has 0 unspecified atom stereocenters. The van der Waals surface area contributed by atoms with Crippen LogP contribution >= 0.6 is 0 Å². The standard InChI is InChI=1S/C14H17NO4/c1-2-9-5-3-8-11(12(9)13(16)17)15-14(18)19-10-6-4-7-10/h3,5,8,10H,2,4,6-7H2,1H3,(H,15,18)(H,16,17). The number of amides is 1. The maximum absolute atomic E-state index is 11.7. The van der Waals surface area contributed by atoms with Gasteiger partial charge in [-0.25, -0.2) is 9.59 Å². The highest BCUT2D eigenvalue weighted by Gasteiger charge is 2.23. The van der Waals surface area contributed by atoms with Gasteiger partial charge in [0.05, 0.1) is 11.3 Å². The Labute approximate surface area is 111 Å². The zero-order chi connectivity index (χ0) is 13.8. The van der Waals surface area contributed by atoms with Crippen molar-refractivity contribution in [3.8, 4) is 0 Å².